The Morgan fingerprint density at radius 3 is 2.71 bits per heavy atom. The van der Waals surface area contributed by atoms with E-state index in [1.165, 1.54) is 22.3 Å². The number of hydrogen-bond donors (Lipinski definition) is 1. The van der Waals surface area contributed by atoms with Crippen molar-refractivity contribution in [2.24, 2.45) is 0 Å². The summed E-state index contributed by atoms with van der Waals surface area (Å²) >= 11 is 1.50. The fraction of sp³-hybridized carbons (Fsp3) is 0.375. The second-order valence-corrected chi connectivity index (χ2v) is 6.57. The molecular formula is C16H18F3N3OS. The van der Waals surface area contributed by atoms with Crippen molar-refractivity contribution in [2.45, 2.75) is 32.6 Å². The maximum absolute atomic E-state index is 12.8. The minimum atomic E-state index is -4.40. The summed E-state index contributed by atoms with van der Waals surface area (Å²) in [6, 6.07) is 4.04. The topological polar surface area (TPSA) is 45.2 Å². The minimum Gasteiger partial charge on any atom is -0.331 e. The first-order valence-electron chi connectivity index (χ1n) is 7.26. The molecule has 1 aromatic carbocycles. The van der Waals surface area contributed by atoms with Gasteiger partial charge in [0.05, 0.1) is 28.9 Å². The number of rotatable bonds is 4. The van der Waals surface area contributed by atoms with E-state index in [1.807, 2.05) is 12.3 Å². The van der Waals surface area contributed by atoms with Crippen molar-refractivity contribution >= 4 is 17.4 Å². The quantitative estimate of drug-likeness (QED) is 0.883. The van der Waals surface area contributed by atoms with Gasteiger partial charge in [-0.25, -0.2) is 9.78 Å². The van der Waals surface area contributed by atoms with Gasteiger partial charge in [0.1, 0.15) is 0 Å². The van der Waals surface area contributed by atoms with Crippen LogP contribution in [0.15, 0.2) is 29.6 Å². The normalized spacial score (nSPS) is 12.8. The summed E-state index contributed by atoms with van der Waals surface area (Å²) in [4.78, 5) is 17.9. The summed E-state index contributed by atoms with van der Waals surface area (Å²) in [6.07, 6.45) is -4.40. The highest BCUT2D eigenvalue weighted by Gasteiger charge is 2.30. The Morgan fingerprint density at radius 1 is 1.42 bits per heavy atom. The van der Waals surface area contributed by atoms with Crippen LogP contribution in [0.25, 0.3) is 0 Å². The Bertz CT molecular complexity index is 715. The molecule has 0 spiro atoms. The summed E-state index contributed by atoms with van der Waals surface area (Å²) in [5, 5.41) is 5.48. The number of urea groups is 1. The van der Waals surface area contributed by atoms with Crippen LogP contribution in [-0.4, -0.2) is 23.0 Å². The Hall–Kier alpha value is -2.09. The van der Waals surface area contributed by atoms with E-state index < -0.39 is 17.8 Å². The van der Waals surface area contributed by atoms with Crippen LogP contribution in [0.3, 0.4) is 0 Å². The van der Waals surface area contributed by atoms with E-state index in [0.29, 0.717) is 12.1 Å². The third kappa shape index (κ3) is 4.70. The van der Waals surface area contributed by atoms with E-state index in [-0.39, 0.29) is 6.03 Å². The van der Waals surface area contributed by atoms with Crippen LogP contribution in [0.1, 0.15) is 34.8 Å². The van der Waals surface area contributed by atoms with Crippen molar-refractivity contribution in [3.05, 3.63) is 51.5 Å². The predicted molar refractivity (Wildman–Crippen MR) is 86.7 cm³/mol. The molecule has 0 saturated heterocycles. The third-order valence-electron chi connectivity index (χ3n) is 3.47. The fourth-order valence-corrected chi connectivity index (χ4v) is 2.76. The number of carbonyl (C=O) groups is 1. The van der Waals surface area contributed by atoms with Crippen LogP contribution in [0.4, 0.5) is 18.0 Å². The Morgan fingerprint density at radius 2 is 2.12 bits per heavy atom. The molecule has 0 saturated carbocycles. The van der Waals surface area contributed by atoms with Gasteiger partial charge in [-0.15, -0.1) is 11.3 Å². The standard InChI is InChI=1S/C16H18F3N3OS/c1-10(12-5-4-6-13(7-12)16(17,18)19)20-15(23)22(3)8-14-9-24-11(2)21-14/h4-7,9-10H,8H2,1-3H3,(H,20,23). The molecule has 0 aliphatic heterocycles. The van der Waals surface area contributed by atoms with Gasteiger partial charge in [0.15, 0.2) is 0 Å². The van der Waals surface area contributed by atoms with Gasteiger partial charge in [0.25, 0.3) is 0 Å². The lowest BCUT2D eigenvalue weighted by atomic mass is 10.1. The van der Waals surface area contributed by atoms with Crippen molar-refractivity contribution in [3.63, 3.8) is 0 Å². The van der Waals surface area contributed by atoms with Gasteiger partial charge < -0.3 is 10.2 Å². The number of nitrogens with one attached hydrogen (secondary N) is 1. The van der Waals surface area contributed by atoms with E-state index in [1.54, 1.807) is 20.0 Å². The Labute approximate surface area is 142 Å². The maximum atomic E-state index is 12.8. The number of benzene rings is 1. The van der Waals surface area contributed by atoms with E-state index in [0.717, 1.165) is 22.8 Å². The van der Waals surface area contributed by atoms with E-state index in [9.17, 15) is 18.0 Å². The molecule has 0 radical (unpaired) electrons. The highest BCUT2D eigenvalue weighted by atomic mass is 32.1. The molecule has 0 fully saturated rings. The first kappa shape index (κ1) is 18.3. The largest absolute Gasteiger partial charge is 0.416 e. The molecule has 2 amide bonds. The number of thiazole rings is 1. The number of hydrogen-bond acceptors (Lipinski definition) is 3. The van der Waals surface area contributed by atoms with E-state index in [4.69, 9.17) is 0 Å². The number of aryl methyl sites for hydroxylation is 1. The van der Waals surface area contributed by atoms with Gasteiger partial charge in [0, 0.05) is 12.4 Å². The molecule has 130 valence electrons. The summed E-state index contributed by atoms with van der Waals surface area (Å²) < 4.78 is 38.3. The van der Waals surface area contributed by atoms with Crippen molar-refractivity contribution in [1.29, 1.82) is 0 Å². The van der Waals surface area contributed by atoms with Crippen LogP contribution < -0.4 is 5.32 Å². The van der Waals surface area contributed by atoms with Crippen LogP contribution >= 0.6 is 11.3 Å². The second-order valence-electron chi connectivity index (χ2n) is 5.51. The molecular weight excluding hydrogens is 339 g/mol. The zero-order chi connectivity index (χ0) is 17.9. The molecule has 0 bridgehead atoms. The number of carbonyl (C=O) groups excluding carboxylic acids is 1. The summed E-state index contributed by atoms with van der Waals surface area (Å²) in [5.74, 6) is 0. The molecule has 0 aliphatic rings. The van der Waals surface area contributed by atoms with Crippen LogP contribution in [0.2, 0.25) is 0 Å². The summed E-state index contributed by atoms with van der Waals surface area (Å²) in [6.45, 7) is 3.86. The zero-order valence-electron chi connectivity index (χ0n) is 13.5. The lowest BCUT2D eigenvalue weighted by Gasteiger charge is -2.21. The molecule has 24 heavy (non-hydrogen) atoms. The monoisotopic (exact) mass is 357 g/mol. The Balaban J connectivity index is 2.00. The second kappa shape index (κ2) is 7.21. The lowest BCUT2D eigenvalue weighted by molar-refractivity contribution is -0.137. The SMILES string of the molecule is Cc1nc(CN(C)C(=O)NC(C)c2cccc(C(F)(F)F)c2)cs1. The van der Waals surface area contributed by atoms with Gasteiger partial charge in [-0.05, 0) is 31.5 Å². The number of nitrogens with zero attached hydrogens (tertiary/aromatic N) is 2. The number of aromatic nitrogens is 1. The van der Waals surface area contributed by atoms with Gasteiger partial charge in [0.2, 0.25) is 0 Å². The molecule has 2 aromatic rings. The third-order valence-corrected chi connectivity index (χ3v) is 4.29. The van der Waals surface area contributed by atoms with Crippen molar-refractivity contribution < 1.29 is 18.0 Å². The van der Waals surface area contributed by atoms with Crippen LogP contribution in [0, 0.1) is 6.92 Å². The maximum Gasteiger partial charge on any atom is 0.416 e. The summed E-state index contributed by atoms with van der Waals surface area (Å²) in [7, 11) is 1.61. The molecule has 1 atom stereocenters. The van der Waals surface area contributed by atoms with Crippen LogP contribution in [-0.2, 0) is 12.7 Å². The summed E-state index contributed by atoms with van der Waals surface area (Å²) in [5.41, 5.74) is 0.449. The van der Waals surface area contributed by atoms with Crippen molar-refractivity contribution in [3.8, 4) is 0 Å². The Kier molecular flexibility index (Phi) is 5.48. The molecule has 1 N–H and O–H groups in total. The molecule has 1 unspecified atom stereocenters. The van der Waals surface area contributed by atoms with Gasteiger partial charge in [-0.3, -0.25) is 0 Å². The minimum absolute atomic E-state index is 0.339. The van der Waals surface area contributed by atoms with Gasteiger partial charge in [-0.2, -0.15) is 13.2 Å². The molecule has 2 rings (SSSR count). The van der Waals surface area contributed by atoms with Crippen molar-refractivity contribution in [1.82, 2.24) is 15.2 Å². The van der Waals surface area contributed by atoms with Gasteiger partial charge >= 0.3 is 12.2 Å². The number of halogens is 3. The van der Waals surface area contributed by atoms with E-state index in [2.05, 4.69) is 10.3 Å². The molecule has 4 nitrogen and oxygen atoms in total. The molecule has 1 heterocycles. The number of alkyl halides is 3. The lowest BCUT2D eigenvalue weighted by Crippen LogP contribution is -2.38. The average molecular weight is 357 g/mol. The van der Waals surface area contributed by atoms with Gasteiger partial charge in [-0.1, -0.05) is 12.1 Å². The first-order valence-corrected chi connectivity index (χ1v) is 8.14. The van der Waals surface area contributed by atoms with E-state index >= 15 is 0 Å². The first-order chi connectivity index (χ1) is 11.2. The highest BCUT2D eigenvalue weighted by Crippen LogP contribution is 2.30. The van der Waals surface area contributed by atoms with Crippen molar-refractivity contribution in [2.75, 3.05) is 7.05 Å². The highest BCUT2D eigenvalue weighted by molar-refractivity contribution is 7.09. The zero-order valence-corrected chi connectivity index (χ0v) is 14.3. The molecule has 8 heteroatoms. The molecule has 0 aliphatic carbocycles. The fourth-order valence-electron chi connectivity index (χ4n) is 2.16. The number of amides is 2. The molecule has 1 aromatic heterocycles. The average Bonchev–Trinajstić information content (AvgIpc) is 2.91. The van der Waals surface area contributed by atoms with Crippen LogP contribution in [0.5, 0.6) is 0 Å². The smallest absolute Gasteiger partial charge is 0.331 e. The predicted octanol–water partition coefficient (Wildman–Crippen LogP) is 4.37.